The Morgan fingerprint density at radius 2 is 2.24 bits per heavy atom. The average Bonchev–Trinajstić information content (AvgIpc) is 3.41. The Hall–Kier alpha value is -1.44. The van der Waals surface area contributed by atoms with Gasteiger partial charge in [0, 0.05) is 39.7 Å². The lowest BCUT2D eigenvalue weighted by molar-refractivity contribution is -0.132. The van der Waals surface area contributed by atoms with Crippen molar-refractivity contribution in [2.45, 2.75) is 44.9 Å². The van der Waals surface area contributed by atoms with Crippen LogP contribution < -0.4 is 0 Å². The summed E-state index contributed by atoms with van der Waals surface area (Å²) in [6.45, 7) is 4.42. The predicted octanol–water partition coefficient (Wildman–Crippen LogP) is 1.03. The first-order valence-electron chi connectivity index (χ1n) is 9.28. The molecule has 1 aromatic heterocycles. The fraction of sp³-hybridized carbons (Fsp3) is 0.778. The SMILES string of the molecule is COCCN(C)CCC(=O)N1CCCn2nc([C@H](O)C3CC3)cc2C1. The van der Waals surface area contributed by atoms with Gasteiger partial charge in [-0.3, -0.25) is 9.48 Å². The van der Waals surface area contributed by atoms with Crippen LogP contribution in [0.2, 0.25) is 0 Å². The van der Waals surface area contributed by atoms with Crippen molar-refractivity contribution in [3.8, 4) is 0 Å². The number of ether oxygens (including phenoxy) is 1. The molecule has 1 N–H and O–H groups in total. The van der Waals surface area contributed by atoms with Crippen molar-refractivity contribution in [1.29, 1.82) is 0 Å². The number of carbonyl (C=O) groups is 1. The van der Waals surface area contributed by atoms with Crippen LogP contribution in [-0.4, -0.2) is 71.0 Å². The summed E-state index contributed by atoms with van der Waals surface area (Å²) in [6.07, 6.45) is 3.15. The minimum absolute atomic E-state index is 0.184. The van der Waals surface area contributed by atoms with Gasteiger partial charge in [-0.15, -0.1) is 0 Å². The third-order valence-electron chi connectivity index (χ3n) is 5.14. The number of aromatic nitrogens is 2. The number of likely N-dealkylation sites (N-methyl/N-ethyl adjacent to an activating group) is 1. The van der Waals surface area contributed by atoms with Gasteiger partial charge in [-0.2, -0.15) is 5.10 Å². The van der Waals surface area contributed by atoms with Gasteiger partial charge in [-0.25, -0.2) is 0 Å². The fourth-order valence-electron chi connectivity index (χ4n) is 3.30. The maximum Gasteiger partial charge on any atom is 0.224 e. The molecule has 140 valence electrons. The molecule has 7 nitrogen and oxygen atoms in total. The number of aryl methyl sites for hydroxylation is 1. The van der Waals surface area contributed by atoms with E-state index in [1.54, 1.807) is 7.11 Å². The van der Waals surface area contributed by atoms with Crippen LogP contribution in [0.15, 0.2) is 6.07 Å². The molecular formula is C18H30N4O3. The monoisotopic (exact) mass is 350 g/mol. The number of methoxy groups -OCH3 is 1. The number of carbonyl (C=O) groups excluding carboxylic acids is 1. The number of fused-ring (bicyclic) bond motifs is 1. The first-order valence-corrected chi connectivity index (χ1v) is 9.28. The maximum absolute atomic E-state index is 12.6. The Bertz CT molecular complexity index is 585. The van der Waals surface area contributed by atoms with Gasteiger partial charge >= 0.3 is 0 Å². The summed E-state index contributed by atoms with van der Waals surface area (Å²) in [7, 11) is 3.70. The highest BCUT2D eigenvalue weighted by atomic mass is 16.5. The Kier molecular flexibility index (Phi) is 6.09. The van der Waals surface area contributed by atoms with Crippen LogP contribution >= 0.6 is 0 Å². The van der Waals surface area contributed by atoms with Gasteiger partial charge in [0.25, 0.3) is 0 Å². The summed E-state index contributed by atoms with van der Waals surface area (Å²) >= 11 is 0. The lowest BCUT2D eigenvalue weighted by atomic mass is 10.1. The second kappa shape index (κ2) is 8.29. The minimum Gasteiger partial charge on any atom is -0.386 e. The number of nitrogens with zero attached hydrogens (tertiary/aromatic N) is 4. The molecule has 1 amide bonds. The van der Waals surface area contributed by atoms with Crippen LogP contribution in [-0.2, 0) is 22.6 Å². The van der Waals surface area contributed by atoms with Crippen molar-refractivity contribution in [2.24, 2.45) is 5.92 Å². The summed E-state index contributed by atoms with van der Waals surface area (Å²) in [5.41, 5.74) is 1.80. The van der Waals surface area contributed by atoms with E-state index in [1.807, 2.05) is 22.7 Å². The molecule has 0 radical (unpaired) electrons. The van der Waals surface area contributed by atoms with Crippen LogP contribution in [0, 0.1) is 5.92 Å². The number of aliphatic hydroxyl groups is 1. The second-order valence-electron chi connectivity index (χ2n) is 7.28. The summed E-state index contributed by atoms with van der Waals surface area (Å²) in [5, 5.41) is 14.9. The Morgan fingerprint density at radius 1 is 1.44 bits per heavy atom. The number of hydrogen-bond acceptors (Lipinski definition) is 5. The van der Waals surface area contributed by atoms with E-state index in [9.17, 15) is 9.90 Å². The lowest BCUT2D eigenvalue weighted by Gasteiger charge is -2.22. The molecule has 3 rings (SSSR count). The standard InChI is InChI=1S/C18H30N4O3/c1-20(10-11-25-2)9-6-17(23)21-7-3-8-22-15(13-21)12-16(19-22)18(24)14-4-5-14/h12,14,18,24H,3-11,13H2,1-2H3/t18-/m1/s1. The van der Waals surface area contributed by atoms with Crippen molar-refractivity contribution < 1.29 is 14.6 Å². The zero-order valence-electron chi connectivity index (χ0n) is 15.4. The van der Waals surface area contributed by atoms with Crippen molar-refractivity contribution in [1.82, 2.24) is 19.6 Å². The van der Waals surface area contributed by atoms with E-state index >= 15 is 0 Å². The summed E-state index contributed by atoms with van der Waals surface area (Å²) < 4.78 is 7.04. The highest BCUT2D eigenvalue weighted by molar-refractivity contribution is 5.76. The molecule has 0 saturated heterocycles. The third kappa shape index (κ3) is 4.80. The van der Waals surface area contributed by atoms with Crippen molar-refractivity contribution in [3.05, 3.63) is 17.5 Å². The number of amides is 1. The summed E-state index contributed by atoms with van der Waals surface area (Å²) in [5.74, 6) is 0.558. The normalized spacial score (nSPS) is 19.0. The van der Waals surface area contributed by atoms with Gasteiger partial charge in [0.15, 0.2) is 0 Å². The first-order chi connectivity index (χ1) is 12.1. The number of rotatable bonds is 8. The zero-order valence-corrected chi connectivity index (χ0v) is 15.4. The minimum atomic E-state index is -0.446. The molecule has 1 fully saturated rings. The van der Waals surface area contributed by atoms with E-state index in [4.69, 9.17) is 4.74 Å². The summed E-state index contributed by atoms with van der Waals surface area (Å²) in [6, 6.07) is 1.99. The van der Waals surface area contributed by atoms with Crippen LogP contribution in [0.3, 0.4) is 0 Å². The lowest BCUT2D eigenvalue weighted by Crippen LogP contribution is -2.34. The Labute approximate surface area is 149 Å². The van der Waals surface area contributed by atoms with E-state index in [0.29, 0.717) is 25.5 Å². The smallest absolute Gasteiger partial charge is 0.224 e. The largest absolute Gasteiger partial charge is 0.386 e. The molecule has 2 heterocycles. The van der Waals surface area contributed by atoms with Crippen LogP contribution in [0.4, 0.5) is 0 Å². The molecular weight excluding hydrogens is 320 g/mol. The Balaban J connectivity index is 1.56. The van der Waals surface area contributed by atoms with Gasteiger partial charge in [0.2, 0.25) is 5.91 Å². The van der Waals surface area contributed by atoms with Crippen LogP contribution in [0.25, 0.3) is 0 Å². The van der Waals surface area contributed by atoms with Gasteiger partial charge in [0.05, 0.1) is 24.5 Å². The molecule has 1 saturated carbocycles. The molecule has 1 aromatic rings. The number of aliphatic hydroxyl groups excluding tert-OH is 1. The van der Waals surface area contributed by atoms with E-state index in [1.165, 1.54) is 0 Å². The molecule has 0 aromatic carbocycles. The molecule has 0 spiro atoms. The first kappa shape index (κ1) is 18.4. The van der Waals surface area contributed by atoms with Crippen LogP contribution in [0.1, 0.15) is 43.2 Å². The molecule has 25 heavy (non-hydrogen) atoms. The topological polar surface area (TPSA) is 70.8 Å². The average molecular weight is 350 g/mol. The van der Waals surface area contributed by atoms with E-state index < -0.39 is 6.10 Å². The van der Waals surface area contributed by atoms with Gasteiger partial charge in [0.1, 0.15) is 6.10 Å². The van der Waals surface area contributed by atoms with Gasteiger partial charge in [-0.1, -0.05) is 0 Å². The molecule has 1 aliphatic heterocycles. The summed E-state index contributed by atoms with van der Waals surface area (Å²) in [4.78, 5) is 16.6. The van der Waals surface area contributed by atoms with Crippen molar-refractivity contribution >= 4 is 5.91 Å². The van der Waals surface area contributed by atoms with E-state index in [2.05, 4.69) is 10.00 Å². The van der Waals surface area contributed by atoms with Crippen molar-refractivity contribution in [2.75, 3.05) is 40.4 Å². The molecule has 0 bridgehead atoms. The Morgan fingerprint density at radius 3 is 2.96 bits per heavy atom. The maximum atomic E-state index is 12.6. The third-order valence-corrected chi connectivity index (χ3v) is 5.14. The molecule has 7 heteroatoms. The van der Waals surface area contributed by atoms with E-state index in [0.717, 1.165) is 56.8 Å². The van der Waals surface area contributed by atoms with Gasteiger partial charge in [-0.05, 0) is 38.3 Å². The van der Waals surface area contributed by atoms with Crippen molar-refractivity contribution in [3.63, 3.8) is 0 Å². The highest BCUT2D eigenvalue weighted by Gasteiger charge is 2.33. The fourth-order valence-corrected chi connectivity index (χ4v) is 3.30. The molecule has 1 aliphatic carbocycles. The van der Waals surface area contributed by atoms with E-state index in [-0.39, 0.29) is 5.91 Å². The quantitative estimate of drug-likeness (QED) is 0.758. The molecule has 0 unspecified atom stereocenters. The predicted molar refractivity (Wildman–Crippen MR) is 93.9 cm³/mol. The zero-order chi connectivity index (χ0) is 17.8. The molecule has 2 aliphatic rings. The highest BCUT2D eigenvalue weighted by Crippen LogP contribution is 2.40. The second-order valence-corrected chi connectivity index (χ2v) is 7.28. The number of hydrogen-bond donors (Lipinski definition) is 1. The molecule has 1 atom stereocenters. The van der Waals surface area contributed by atoms with Gasteiger partial charge < -0.3 is 19.6 Å². The van der Waals surface area contributed by atoms with Crippen LogP contribution in [0.5, 0.6) is 0 Å².